The molecule has 2 amide bonds. The highest BCUT2D eigenvalue weighted by Gasteiger charge is 2.25. The third-order valence-electron chi connectivity index (χ3n) is 4.17. The van der Waals surface area contributed by atoms with Crippen LogP contribution in [0.3, 0.4) is 0 Å². The van der Waals surface area contributed by atoms with Crippen molar-refractivity contribution >= 4 is 44.8 Å². The van der Waals surface area contributed by atoms with Gasteiger partial charge in [-0.1, -0.05) is 11.6 Å². The molecular formula is C18H18ClN3O4S. The van der Waals surface area contributed by atoms with Gasteiger partial charge >= 0.3 is 0 Å². The number of nitrogens with zero attached hydrogens (tertiary/aromatic N) is 1. The van der Waals surface area contributed by atoms with E-state index in [9.17, 15) is 18.0 Å². The quantitative estimate of drug-likeness (QED) is 0.795. The van der Waals surface area contributed by atoms with Crippen LogP contribution in [-0.4, -0.2) is 38.1 Å². The maximum atomic E-state index is 12.8. The molecule has 1 aliphatic heterocycles. The first-order valence-corrected chi connectivity index (χ1v) is 10.0. The fourth-order valence-electron chi connectivity index (χ4n) is 2.72. The van der Waals surface area contributed by atoms with Crippen LogP contribution in [-0.2, 0) is 26.0 Å². The number of sulfonamides is 1. The summed E-state index contributed by atoms with van der Waals surface area (Å²) < 4.78 is 26.5. The van der Waals surface area contributed by atoms with Crippen molar-refractivity contribution < 1.29 is 18.0 Å². The summed E-state index contributed by atoms with van der Waals surface area (Å²) in [6.45, 7) is -0.335. The minimum absolute atomic E-state index is 0.0826. The molecule has 0 radical (unpaired) electrons. The van der Waals surface area contributed by atoms with Crippen LogP contribution in [0, 0.1) is 0 Å². The molecule has 9 heteroatoms. The van der Waals surface area contributed by atoms with Gasteiger partial charge in [0.2, 0.25) is 21.8 Å². The zero-order valence-corrected chi connectivity index (χ0v) is 16.1. The number of carbonyl (C=O) groups is 2. The van der Waals surface area contributed by atoms with E-state index in [4.69, 9.17) is 11.6 Å². The zero-order valence-electron chi connectivity index (χ0n) is 14.5. The lowest BCUT2D eigenvalue weighted by Gasteiger charge is -2.20. The molecule has 27 heavy (non-hydrogen) atoms. The molecule has 1 aliphatic rings. The Bertz CT molecular complexity index is 990. The normalized spacial score (nSPS) is 13.8. The molecule has 2 aromatic carbocycles. The van der Waals surface area contributed by atoms with E-state index in [2.05, 4.69) is 10.6 Å². The molecule has 142 valence electrons. The van der Waals surface area contributed by atoms with Crippen molar-refractivity contribution in [1.82, 2.24) is 4.31 Å². The molecule has 7 nitrogen and oxygen atoms in total. The van der Waals surface area contributed by atoms with E-state index in [1.807, 2.05) is 0 Å². The summed E-state index contributed by atoms with van der Waals surface area (Å²) in [6.07, 6.45) is 0.793. The largest absolute Gasteiger partial charge is 0.326 e. The highest BCUT2D eigenvalue weighted by Crippen LogP contribution is 2.26. The molecular weight excluding hydrogens is 390 g/mol. The molecule has 0 aliphatic carbocycles. The van der Waals surface area contributed by atoms with Crippen molar-refractivity contribution in [2.24, 2.45) is 0 Å². The number of likely N-dealkylation sites (N-methyl/N-ethyl adjacent to an activating group) is 1. The average Bonchev–Trinajstić information content (AvgIpc) is 2.63. The van der Waals surface area contributed by atoms with Crippen molar-refractivity contribution in [3.63, 3.8) is 0 Å². The van der Waals surface area contributed by atoms with Crippen molar-refractivity contribution in [3.8, 4) is 0 Å². The molecule has 1 heterocycles. The van der Waals surface area contributed by atoms with Crippen LogP contribution in [0.4, 0.5) is 11.4 Å². The number of nitrogens with one attached hydrogen (secondary N) is 2. The molecule has 2 N–H and O–H groups in total. The Kier molecular flexibility index (Phi) is 5.50. The van der Waals surface area contributed by atoms with Crippen LogP contribution in [0.1, 0.15) is 12.0 Å². The minimum Gasteiger partial charge on any atom is -0.326 e. The van der Waals surface area contributed by atoms with E-state index in [1.54, 1.807) is 30.3 Å². The topological polar surface area (TPSA) is 95.6 Å². The number of rotatable bonds is 5. The molecule has 3 rings (SSSR count). The van der Waals surface area contributed by atoms with Gasteiger partial charge in [0.1, 0.15) is 0 Å². The SMILES string of the molecule is CN(CC(=O)Nc1ccc(Cl)cc1)S(=O)(=O)c1ccc2c(c1)CCC(=O)N2. The first kappa shape index (κ1) is 19.3. The molecule has 0 aromatic heterocycles. The van der Waals surface area contributed by atoms with Gasteiger partial charge in [-0.05, 0) is 54.4 Å². The smallest absolute Gasteiger partial charge is 0.243 e. The standard InChI is InChI=1S/C18H18ClN3O4S/c1-22(11-18(24)20-14-5-3-13(19)4-6-14)27(25,26)15-7-8-16-12(10-15)2-9-17(23)21-16/h3-8,10H,2,9,11H2,1H3,(H,20,24)(H,21,23). The Hall–Kier alpha value is -2.42. The van der Waals surface area contributed by atoms with Crippen LogP contribution < -0.4 is 10.6 Å². The highest BCUT2D eigenvalue weighted by molar-refractivity contribution is 7.89. The predicted octanol–water partition coefficient (Wildman–Crippen LogP) is 2.48. The number of anilines is 2. The number of amides is 2. The zero-order chi connectivity index (χ0) is 19.6. The maximum Gasteiger partial charge on any atom is 0.243 e. The van der Waals surface area contributed by atoms with Gasteiger partial charge in [-0.25, -0.2) is 8.42 Å². The van der Waals surface area contributed by atoms with Gasteiger partial charge in [0.05, 0.1) is 11.4 Å². The molecule has 0 saturated carbocycles. The number of aryl methyl sites for hydroxylation is 1. The Balaban J connectivity index is 1.71. The van der Waals surface area contributed by atoms with Gasteiger partial charge < -0.3 is 10.6 Å². The van der Waals surface area contributed by atoms with Crippen molar-refractivity contribution in [1.29, 1.82) is 0 Å². The van der Waals surface area contributed by atoms with Crippen LogP contribution in [0.15, 0.2) is 47.4 Å². The number of hydrogen-bond acceptors (Lipinski definition) is 4. The van der Waals surface area contributed by atoms with Gasteiger partial charge in [0.25, 0.3) is 0 Å². The fourth-order valence-corrected chi connectivity index (χ4v) is 4.03. The molecule has 0 unspecified atom stereocenters. The van der Waals surface area contributed by atoms with Crippen molar-refractivity contribution in [2.45, 2.75) is 17.7 Å². The van der Waals surface area contributed by atoms with E-state index >= 15 is 0 Å². The Morgan fingerprint density at radius 2 is 1.89 bits per heavy atom. The maximum absolute atomic E-state index is 12.8. The Morgan fingerprint density at radius 3 is 2.59 bits per heavy atom. The number of fused-ring (bicyclic) bond motifs is 1. The first-order valence-electron chi connectivity index (χ1n) is 8.20. The van der Waals surface area contributed by atoms with E-state index in [0.717, 1.165) is 9.87 Å². The lowest BCUT2D eigenvalue weighted by atomic mass is 10.0. The number of benzene rings is 2. The summed E-state index contributed by atoms with van der Waals surface area (Å²) >= 11 is 5.80. The van der Waals surface area contributed by atoms with E-state index < -0.39 is 15.9 Å². The Morgan fingerprint density at radius 1 is 1.19 bits per heavy atom. The van der Waals surface area contributed by atoms with Crippen LogP contribution >= 0.6 is 11.6 Å². The summed E-state index contributed by atoms with van der Waals surface area (Å²) in [5.41, 5.74) is 1.91. The fraction of sp³-hybridized carbons (Fsp3) is 0.222. The highest BCUT2D eigenvalue weighted by atomic mass is 35.5. The van der Waals surface area contributed by atoms with E-state index in [-0.39, 0.29) is 17.3 Å². The van der Waals surface area contributed by atoms with Crippen molar-refractivity contribution in [3.05, 3.63) is 53.1 Å². The summed E-state index contributed by atoms with van der Waals surface area (Å²) in [5, 5.41) is 5.88. The third-order valence-corrected chi connectivity index (χ3v) is 6.23. The predicted molar refractivity (Wildman–Crippen MR) is 103 cm³/mol. The van der Waals surface area contributed by atoms with Gasteiger partial charge in [-0.3, -0.25) is 9.59 Å². The summed E-state index contributed by atoms with van der Waals surface area (Å²) in [5.74, 6) is -0.553. The lowest BCUT2D eigenvalue weighted by Crippen LogP contribution is -2.35. The summed E-state index contributed by atoms with van der Waals surface area (Å²) in [6, 6.07) is 11.1. The third kappa shape index (κ3) is 4.47. The molecule has 2 aromatic rings. The van der Waals surface area contributed by atoms with Gasteiger partial charge in [0.15, 0.2) is 0 Å². The minimum atomic E-state index is -3.84. The second kappa shape index (κ2) is 7.67. The Labute approximate surface area is 162 Å². The molecule has 0 bridgehead atoms. The second-order valence-electron chi connectivity index (χ2n) is 6.18. The molecule has 0 saturated heterocycles. The lowest BCUT2D eigenvalue weighted by molar-refractivity contribution is -0.117. The number of halogens is 1. The van der Waals surface area contributed by atoms with E-state index in [1.165, 1.54) is 19.2 Å². The molecule has 0 fully saturated rings. The first-order chi connectivity index (χ1) is 12.8. The number of hydrogen-bond donors (Lipinski definition) is 2. The summed E-state index contributed by atoms with van der Waals surface area (Å²) in [4.78, 5) is 23.7. The van der Waals surface area contributed by atoms with Gasteiger partial charge in [-0.2, -0.15) is 4.31 Å². The van der Waals surface area contributed by atoms with Gasteiger partial charge in [0, 0.05) is 29.9 Å². The van der Waals surface area contributed by atoms with Gasteiger partial charge in [-0.15, -0.1) is 0 Å². The van der Waals surface area contributed by atoms with Crippen LogP contribution in [0.25, 0.3) is 0 Å². The second-order valence-corrected chi connectivity index (χ2v) is 8.66. The van der Waals surface area contributed by atoms with Crippen molar-refractivity contribution in [2.75, 3.05) is 24.2 Å². The molecule has 0 atom stereocenters. The average molecular weight is 408 g/mol. The van der Waals surface area contributed by atoms with Crippen LogP contribution in [0.5, 0.6) is 0 Å². The monoisotopic (exact) mass is 407 g/mol. The number of carbonyl (C=O) groups excluding carboxylic acids is 2. The van der Waals surface area contributed by atoms with E-state index in [0.29, 0.717) is 29.2 Å². The molecule has 0 spiro atoms. The summed E-state index contributed by atoms with van der Waals surface area (Å²) in [7, 11) is -2.50. The van der Waals surface area contributed by atoms with Crippen LogP contribution in [0.2, 0.25) is 5.02 Å².